The summed E-state index contributed by atoms with van der Waals surface area (Å²) in [7, 11) is 0. The molecule has 0 amide bonds. The Morgan fingerprint density at radius 3 is 1.92 bits per heavy atom. The number of hydrogen-bond donors (Lipinski definition) is 2. The zero-order chi connectivity index (χ0) is 13.8. The van der Waals surface area contributed by atoms with Crippen LogP contribution in [0.5, 0.6) is 0 Å². The van der Waals surface area contributed by atoms with Gasteiger partial charge in [0.1, 0.15) is 0 Å². The Hall–Kier alpha value is -0.870. The standard InChI is InChI=1S/C14H11Cl2NO2.Na.4H2O.H/c15-10-5-3-6-11(16)14(10)17-12-7-2-1-4-9(12)8-13(18)19;;;;;;/h1-7,17H,8H2,(H,18,19);;4*1H2;. The van der Waals surface area contributed by atoms with Gasteiger partial charge in [0.25, 0.3) is 0 Å². The number of halogens is 2. The Bertz CT molecular complexity index is 610. The number of benzene rings is 2. The van der Waals surface area contributed by atoms with Gasteiger partial charge in [0.15, 0.2) is 0 Å². The fourth-order valence-corrected chi connectivity index (χ4v) is 2.20. The van der Waals surface area contributed by atoms with Gasteiger partial charge >= 0.3 is 35.5 Å². The van der Waals surface area contributed by atoms with Crippen LogP contribution in [0.4, 0.5) is 11.4 Å². The van der Waals surface area contributed by atoms with Crippen LogP contribution in [0.25, 0.3) is 0 Å². The third-order valence-electron chi connectivity index (χ3n) is 2.58. The van der Waals surface area contributed by atoms with Crippen molar-refractivity contribution in [3.05, 3.63) is 58.1 Å². The predicted molar refractivity (Wildman–Crippen MR) is 99.1 cm³/mol. The zero-order valence-electron chi connectivity index (χ0n) is 11.9. The number of anilines is 2. The molecular weight excluding hydrogens is 372 g/mol. The van der Waals surface area contributed by atoms with Crippen LogP contribution in [-0.2, 0) is 11.2 Å². The van der Waals surface area contributed by atoms with E-state index >= 15 is 0 Å². The number of carbonyl (C=O) groups is 1. The monoisotopic (exact) mass is 391 g/mol. The Balaban J connectivity index is -0.000000400. The number of rotatable bonds is 4. The van der Waals surface area contributed by atoms with E-state index in [0.29, 0.717) is 27.0 Å². The molecule has 0 fully saturated rings. The van der Waals surface area contributed by atoms with Gasteiger partial charge < -0.3 is 32.3 Å². The number of carboxylic acids is 1. The number of nitrogens with one attached hydrogen (secondary N) is 1. The minimum absolute atomic E-state index is 0. The first kappa shape index (κ1) is 31.0. The van der Waals surface area contributed by atoms with Gasteiger partial charge in [-0.05, 0) is 23.8 Å². The third-order valence-corrected chi connectivity index (χ3v) is 3.21. The van der Waals surface area contributed by atoms with E-state index in [-0.39, 0.29) is 57.9 Å². The molecule has 0 aliphatic rings. The fourth-order valence-electron chi connectivity index (χ4n) is 1.71. The number of aliphatic carboxylic acids is 1. The Labute approximate surface area is 171 Å². The van der Waals surface area contributed by atoms with Gasteiger partial charge in [0.2, 0.25) is 0 Å². The first-order valence-electron chi connectivity index (χ1n) is 5.58. The molecule has 0 aliphatic heterocycles. The first-order valence-corrected chi connectivity index (χ1v) is 6.34. The molecule has 2 rings (SSSR count). The van der Waals surface area contributed by atoms with Crippen LogP contribution in [0, 0.1) is 0 Å². The van der Waals surface area contributed by atoms with Crippen molar-refractivity contribution in [2.75, 3.05) is 5.32 Å². The van der Waals surface area contributed by atoms with Crippen molar-refractivity contribution in [1.82, 2.24) is 0 Å². The van der Waals surface area contributed by atoms with E-state index in [9.17, 15) is 4.79 Å². The topological polar surface area (TPSA) is 175 Å². The maximum absolute atomic E-state index is 10.8. The van der Waals surface area contributed by atoms with Gasteiger partial charge in [-0.25, -0.2) is 0 Å². The Kier molecular flexibility index (Phi) is 18.7. The molecule has 10 N–H and O–H groups in total. The summed E-state index contributed by atoms with van der Waals surface area (Å²) >= 11 is 12.1. The van der Waals surface area contributed by atoms with E-state index in [0.717, 1.165) is 0 Å². The Morgan fingerprint density at radius 2 is 1.42 bits per heavy atom. The second-order valence-electron chi connectivity index (χ2n) is 3.95. The molecule has 0 saturated carbocycles. The van der Waals surface area contributed by atoms with Crippen molar-refractivity contribution in [1.29, 1.82) is 0 Å². The molecule has 10 heteroatoms. The van der Waals surface area contributed by atoms with Crippen molar-refractivity contribution >= 4 is 70.1 Å². The second-order valence-corrected chi connectivity index (χ2v) is 4.76. The Morgan fingerprint density at radius 1 is 0.917 bits per heavy atom. The molecule has 2 aromatic carbocycles. The summed E-state index contributed by atoms with van der Waals surface area (Å²) in [5, 5.41) is 12.9. The summed E-state index contributed by atoms with van der Waals surface area (Å²) in [6.45, 7) is 0. The zero-order valence-corrected chi connectivity index (χ0v) is 13.4. The molecule has 0 aromatic heterocycles. The van der Waals surface area contributed by atoms with Crippen LogP contribution in [0.2, 0.25) is 10.0 Å². The van der Waals surface area contributed by atoms with Crippen molar-refractivity contribution < 1.29 is 31.8 Å². The average molecular weight is 392 g/mol. The molecule has 0 spiro atoms. The van der Waals surface area contributed by atoms with Crippen molar-refractivity contribution in [3.8, 4) is 0 Å². The molecule has 2 aromatic rings. The molecule has 24 heavy (non-hydrogen) atoms. The summed E-state index contributed by atoms with van der Waals surface area (Å²) < 4.78 is 0. The van der Waals surface area contributed by atoms with Crippen LogP contribution < -0.4 is 5.32 Å². The van der Waals surface area contributed by atoms with E-state index in [1.165, 1.54) is 0 Å². The van der Waals surface area contributed by atoms with Gasteiger partial charge in [0, 0.05) is 5.69 Å². The molecule has 0 radical (unpaired) electrons. The van der Waals surface area contributed by atoms with E-state index in [1.807, 2.05) is 6.07 Å². The SMILES string of the molecule is O.O.O.O.O=C(O)Cc1ccccc1Nc1c(Cl)cccc1Cl.[NaH]. The van der Waals surface area contributed by atoms with Crippen LogP contribution >= 0.6 is 23.2 Å². The van der Waals surface area contributed by atoms with Gasteiger partial charge in [-0.2, -0.15) is 0 Å². The van der Waals surface area contributed by atoms with Crippen molar-refractivity contribution in [2.45, 2.75) is 6.42 Å². The molecule has 0 aliphatic carbocycles. The van der Waals surface area contributed by atoms with Gasteiger partial charge in [0.05, 0.1) is 22.2 Å². The molecule has 7 nitrogen and oxygen atoms in total. The number of hydrogen-bond acceptors (Lipinski definition) is 2. The van der Waals surface area contributed by atoms with Gasteiger partial charge in [-0.3, -0.25) is 4.79 Å². The predicted octanol–water partition coefficient (Wildman–Crippen LogP) is 0.417. The van der Waals surface area contributed by atoms with Crippen LogP contribution in [0.1, 0.15) is 5.56 Å². The van der Waals surface area contributed by atoms with Crippen LogP contribution in [0.3, 0.4) is 0 Å². The molecule has 0 saturated heterocycles. The van der Waals surface area contributed by atoms with Crippen LogP contribution in [0.15, 0.2) is 42.5 Å². The second kappa shape index (κ2) is 14.5. The number of carboxylic acid groups (broad SMARTS) is 1. The van der Waals surface area contributed by atoms with Crippen molar-refractivity contribution in [3.63, 3.8) is 0 Å². The molecule has 0 unspecified atom stereocenters. The van der Waals surface area contributed by atoms with E-state index in [4.69, 9.17) is 28.3 Å². The van der Waals surface area contributed by atoms with E-state index < -0.39 is 5.97 Å². The molecule has 132 valence electrons. The average Bonchev–Trinajstić information content (AvgIpc) is 2.35. The normalized spacial score (nSPS) is 8.08. The summed E-state index contributed by atoms with van der Waals surface area (Å²) in [6, 6.07) is 12.3. The summed E-state index contributed by atoms with van der Waals surface area (Å²) in [6.07, 6.45) is -0.0642. The van der Waals surface area contributed by atoms with Gasteiger partial charge in [-0.1, -0.05) is 47.5 Å². The first-order chi connectivity index (χ1) is 9.08. The third kappa shape index (κ3) is 8.29. The summed E-state index contributed by atoms with van der Waals surface area (Å²) in [4.78, 5) is 10.8. The molecule has 0 heterocycles. The van der Waals surface area contributed by atoms with Crippen LogP contribution in [-0.4, -0.2) is 62.5 Å². The summed E-state index contributed by atoms with van der Waals surface area (Å²) in [5.74, 6) is -0.889. The minimum atomic E-state index is -0.889. The fraction of sp³-hybridized carbons (Fsp3) is 0.0714. The number of para-hydroxylation sites is 2. The van der Waals surface area contributed by atoms with E-state index in [2.05, 4.69) is 5.32 Å². The van der Waals surface area contributed by atoms with Crippen molar-refractivity contribution in [2.24, 2.45) is 0 Å². The molecule has 0 atom stereocenters. The van der Waals surface area contributed by atoms with Gasteiger partial charge in [-0.15, -0.1) is 0 Å². The molecule has 0 bridgehead atoms. The molecular formula is C14H20Cl2NNaO6. The maximum atomic E-state index is 10.8. The quantitative estimate of drug-likeness (QED) is 0.718. The summed E-state index contributed by atoms with van der Waals surface area (Å²) in [5.41, 5.74) is 1.93. The van der Waals surface area contributed by atoms with E-state index in [1.54, 1.807) is 36.4 Å².